The number of carbonyl (C=O) groups excluding carboxylic acids is 1. The maximum Gasteiger partial charge on any atom is 0.272 e. The number of carbonyl (C=O) groups is 1. The van der Waals surface area contributed by atoms with E-state index >= 15 is 0 Å². The van der Waals surface area contributed by atoms with Crippen LogP contribution in [0.2, 0.25) is 0 Å². The third kappa shape index (κ3) is 3.57. The van der Waals surface area contributed by atoms with Crippen LogP contribution in [0.1, 0.15) is 42.6 Å². The third-order valence-electron chi connectivity index (χ3n) is 5.80. The lowest BCUT2D eigenvalue weighted by atomic mass is 9.67. The first-order valence-electron chi connectivity index (χ1n) is 9.38. The predicted octanol–water partition coefficient (Wildman–Crippen LogP) is 2.42. The molecule has 0 radical (unpaired) electrons. The highest BCUT2D eigenvalue weighted by Gasteiger charge is 2.40. The number of nitrogens with zero attached hydrogens (tertiary/aromatic N) is 3. The van der Waals surface area contributed by atoms with Crippen LogP contribution in [0.3, 0.4) is 0 Å². The van der Waals surface area contributed by atoms with E-state index in [0.29, 0.717) is 23.2 Å². The highest BCUT2D eigenvalue weighted by atomic mass is 16.6. The monoisotopic (exact) mass is 369 g/mol. The molecule has 2 aliphatic rings. The summed E-state index contributed by atoms with van der Waals surface area (Å²) in [4.78, 5) is 23.2. The van der Waals surface area contributed by atoms with E-state index in [0.717, 1.165) is 25.7 Å². The molecule has 142 valence electrons. The second-order valence-corrected chi connectivity index (χ2v) is 7.60. The number of nitrogens with two attached hydrogens (primary N) is 1. The lowest BCUT2D eigenvalue weighted by Gasteiger charge is -2.45. The molecule has 0 aliphatic heterocycles. The highest BCUT2D eigenvalue weighted by Crippen LogP contribution is 2.39. The molecule has 2 atom stereocenters. The summed E-state index contributed by atoms with van der Waals surface area (Å²) >= 11 is 0. The van der Waals surface area contributed by atoms with Crippen molar-refractivity contribution in [2.75, 3.05) is 0 Å². The van der Waals surface area contributed by atoms with Crippen LogP contribution >= 0.6 is 0 Å². The van der Waals surface area contributed by atoms with Gasteiger partial charge in [0.1, 0.15) is 0 Å². The molecule has 1 aromatic heterocycles. The third-order valence-corrected chi connectivity index (χ3v) is 5.80. The van der Waals surface area contributed by atoms with Crippen molar-refractivity contribution in [2.45, 2.75) is 44.2 Å². The fourth-order valence-corrected chi connectivity index (χ4v) is 4.59. The molecule has 2 aromatic rings. The number of aromatic nitrogens is 2. The Balaban J connectivity index is 1.49. The molecular formula is C19H23N5O3. The fourth-order valence-electron chi connectivity index (χ4n) is 4.59. The van der Waals surface area contributed by atoms with Crippen LogP contribution in [0.5, 0.6) is 0 Å². The topological polar surface area (TPSA) is 116 Å². The van der Waals surface area contributed by atoms with Gasteiger partial charge < -0.3 is 11.1 Å². The molecule has 2 unspecified atom stereocenters. The molecule has 8 nitrogen and oxygen atoms in total. The number of benzene rings is 1. The molecule has 3 N–H and O–H groups in total. The van der Waals surface area contributed by atoms with Crippen molar-refractivity contribution >= 4 is 11.6 Å². The lowest BCUT2D eigenvalue weighted by molar-refractivity contribution is -0.384. The van der Waals surface area contributed by atoms with Gasteiger partial charge in [-0.2, -0.15) is 5.10 Å². The Hall–Kier alpha value is -2.74. The van der Waals surface area contributed by atoms with Crippen molar-refractivity contribution in [3.05, 3.63) is 52.3 Å². The van der Waals surface area contributed by atoms with Gasteiger partial charge in [0.05, 0.1) is 10.6 Å². The Labute approximate surface area is 156 Å². The molecule has 0 spiro atoms. The second-order valence-electron chi connectivity index (χ2n) is 7.60. The Morgan fingerprint density at radius 1 is 1.26 bits per heavy atom. The first kappa shape index (κ1) is 17.7. The summed E-state index contributed by atoms with van der Waals surface area (Å²) in [5.41, 5.74) is 7.00. The number of nitrogens with one attached hydrogen (secondary N) is 1. The van der Waals surface area contributed by atoms with Gasteiger partial charge in [-0.3, -0.25) is 14.9 Å². The first-order valence-corrected chi connectivity index (χ1v) is 9.38. The van der Waals surface area contributed by atoms with E-state index in [1.54, 1.807) is 24.4 Å². The number of nitro groups is 1. The zero-order chi connectivity index (χ0) is 19.0. The zero-order valence-corrected chi connectivity index (χ0v) is 15.0. The van der Waals surface area contributed by atoms with Crippen LogP contribution in [0.15, 0.2) is 36.5 Å². The molecule has 1 aromatic carbocycles. The Morgan fingerprint density at radius 3 is 2.70 bits per heavy atom. The largest absolute Gasteiger partial charge is 0.347 e. The van der Waals surface area contributed by atoms with Gasteiger partial charge in [0.25, 0.3) is 11.6 Å². The predicted molar refractivity (Wildman–Crippen MR) is 99.5 cm³/mol. The lowest BCUT2D eigenvalue weighted by Crippen LogP contribution is -2.53. The van der Waals surface area contributed by atoms with E-state index in [-0.39, 0.29) is 23.7 Å². The fraction of sp³-hybridized carbons (Fsp3) is 0.474. The van der Waals surface area contributed by atoms with E-state index in [9.17, 15) is 14.9 Å². The van der Waals surface area contributed by atoms with Gasteiger partial charge in [-0.1, -0.05) is 12.5 Å². The standard InChI is InChI=1S/C19H23N5O3/c20-14-9-12-3-1-4-13(10-14)18(12)21-19(25)17-7-8-23(22-17)15-5-2-6-16(11-15)24(26)27/h2,5-8,11-14,18H,1,3-4,9-10,20H2,(H,21,25). The highest BCUT2D eigenvalue weighted by molar-refractivity contribution is 5.92. The van der Waals surface area contributed by atoms with Gasteiger partial charge in [-0.15, -0.1) is 0 Å². The number of rotatable bonds is 4. The normalized spacial score (nSPS) is 27.1. The van der Waals surface area contributed by atoms with Gasteiger partial charge in [-0.05, 0) is 49.7 Å². The summed E-state index contributed by atoms with van der Waals surface area (Å²) in [5, 5.41) is 18.4. The van der Waals surface area contributed by atoms with Crippen molar-refractivity contribution in [3.63, 3.8) is 0 Å². The van der Waals surface area contributed by atoms with E-state index < -0.39 is 4.92 Å². The molecule has 27 heavy (non-hydrogen) atoms. The Bertz CT molecular complexity index is 851. The van der Waals surface area contributed by atoms with Crippen LogP contribution in [-0.2, 0) is 0 Å². The van der Waals surface area contributed by atoms with E-state index in [1.807, 2.05) is 0 Å². The van der Waals surface area contributed by atoms with Gasteiger partial charge in [0.2, 0.25) is 0 Å². The molecular weight excluding hydrogens is 346 g/mol. The van der Waals surface area contributed by atoms with Gasteiger partial charge in [-0.25, -0.2) is 4.68 Å². The number of fused-ring (bicyclic) bond motifs is 2. The van der Waals surface area contributed by atoms with Crippen molar-refractivity contribution in [2.24, 2.45) is 17.6 Å². The van der Waals surface area contributed by atoms with Crippen molar-refractivity contribution in [1.29, 1.82) is 0 Å². The van der Waals surface area contributed by atoms with Crippen molar-refractivity contribution in [3.8, 4) is 5.69 Å². The molecule has 1 heterocycles. The van der Waals surface area contributed by atoms with Crippen LogP contribution in [0.25, 0.3) is 5.69 Å². The van der Waals surface area contributed by atoms with E-state index in [2.05, 4.69) is 10.4 Å². The Kier molecular flexibility index (Phi) is 4.65. The molecule has 2 fully saturated rings. The molecule has 2 saturated carbocycles. The van der Waals surface area contributed by atoms with Crippen LogP contribution in [0.4, 0.5) is 5.69 Å². The molecule has 2 bridgehead atoms. The molecule has 2 aliphatic carbocycles. The SMILES string of the molecule is NC1CC2CCCC(C1)C2NC(=O)c1ccn(-c2cccc([N+](=O)[O-])c2)n1. The van der Waals surface area contributed by atoms with E-state index in [1.165, 1.54) is 23.2 Å². The molecule has 0 saturated heterocycles. The maximum atomic E-state index is 12.7. The van der Waals surface area contributed by atoms with Gasteiger partial charge in [0.15, 0.2) is 5.69 Å². The number of non-ortho nitro benzene ring substituents is 1. The van der Waals surface area contributed by atoms with Crippen LogP contribution < -0.4 is 11.1 Å². The van der Waals surface area contributed by atoms with Gasteiger partial charge in [0, 0.05) is 30.4 Å². The summed E-state index contributed by atoms with van der Waals surface area (Å²) in [5.74, 6) is 0.683. The summed E-state index contributed by atoms with van der Waals surface area (Å²) < 4.78 is 1.49. The first-order chi connectivity index (χ1) is 13.0. The zero-order valence-electron chi connectivity index (χ0n) is 15.0. The number of hydrogen-bond donors (Lipinski definition) is 2. The summed E-state index contributed by atoms with van der Waals surface area (Å²) in [6.07, 6.45) is 6.99. The smallest absolute Gasteiger partial charge is 0.272 e. The number of amides is 1. The minimum absolute atomic E-state index is 0.0135. The molecule has 1 amide bonds. The average molecular weight is 369 g/mol. The van der Waals surface area contributed by atoms with Crippen molar-refractivity contribution in [1.82, 2.24) is 15.1 Å². The average Bonchev–Trinajstić information content (AvgIpc) is 3.13. The minimum atomic E-state index is -0.451. The minimum Gasteiger partial charge on any atom is -0.347 e. The molecule has 8 heteroatoms. The van der Waals surface area contributed by atoms with Crippen molar-refractivity contribution < 1.29 is 9.72 Å². The van der Waals surface area contributed by atoms with Crippen LogP contribution in [-0.4, -0.2) is 32.7 Å². The maximum absolute atomic E-state index is 12.7. The number of nitro benzene ring substituents is 1. The van der Waals surface area contributed by atoms with Crippen LogP contribution in [0, 0.1) is 22.0 Å². The quantitative estimate of drug-likeness (QED) is 0.634. The summed E-state index contributed by atoms with van der Waals surface area (Å²) in [7, 11) is 0. The Morgan fingerprint density at radius 2 is 2.00 bits per heavy atom. The second kappa shape index (κ2) is 7.11. The van der Waals surface area contributed by atoms with Gasteiger partial charge >= 0.3 is 0 Å². The molecule has 4 rings (SSSR count). The van der Waals surface area contributed by atoms with E-state index in [4.69, 9.17) is 5.73 Å². The summed E-state index contributed by atoms with van der Waals surface area (Å²) in [6, 6.07) is 8.21. The summed E-state index contributed by atoms with van der Waals surface area (Å²) in [6.45, 7) is 0. The number of hydrogen-bond acceptors (Lipinski definition) is 5.